The molecule has 0 aliphatic carbocycles. The van der Waals surface area contributed by atoms with E-state index >= 15 is 0 Å². The molecule has 0 unspecified atom stereocenters. The average Bonchev–Trinajstić information content (AvgIpc) is 2.58. The standard InChI is InChI=1S/C19H21ClN2O2/c1-2-3-12-21-19(24)15-6-10-17(11-7-15)22-18(23)13-14-4-8-16(20)9-5-14/h4-11H,2-3,12-13H2,1H3,(H,21,24)(H,22,23). The normalized spacial score (nSPS) is 10.2. The number of halogens is 1. The topological polar surface area (TPSA) is 58.2 Å². The van der Waals surface area contributed by atoms with Crippen molar-refractivity contribution in [3.8, 4) is 0 Å². The monoisotopic (exact) mass is 344 g/mol. The maximum Gasteiger partial charge on any atom is 0.251 e. The van der Waals surface area contributed by atoms with Crippen LogP contribution in [0.25, 0.3) is 0 Å². The minimum absolute atomic E-state index is 0.0949. The highest BCUT2D eigenvalue weighted by Crippen LogP contribution is 2.13. The van der Waals surface area contributed by atoms with E-state index in [9.17, 15) is 9.59 Å². The van der Waals surface area contributed by atoms with E-state index in [1.165, 1.54) is 0 Å². The smallest absolute Gasteiger partial charge is 0.251 e. The van der Waals surface area contributed by atoms with Crippen molar-refractivity contribution in [2.75, 3.05) is 11.9 Å². The number of hydrogen-bond acceptors (Lipinski definition) is 2. The van der Waals surface area contributed by atoms with E-state index in [2.05, 4.69) is 17.6 Å². The van der Waals surface area contributed by atoms with Gasteiger partial charge in [-0.25, -0.2) is 0 Å². The summed E-state index contributed by atoms with van der Waals surface area (Å²) in [7, 11) is 0. The number of hydrogen-bond donors (Lipinski definition) is 2. The molecule has 2 N–H and O–H groups in total. The third kappa shape index (κ3) is 5.70. The first-order valence-electron chi connectivity index (χ1n) is 8.01. The Morgan fingerprint density at radius 1 is 1.00 bits per heavy atom. The molecule has 0 radical (unpaired) electrons. The number of rotatable bonds is 7. The van der Waals surface area contributed by atoms with Gasteiger partial charge in [-0.05, 0) is 48.4 Å². The molecular formula is C19H21ClN2O2. The van der Waals surface area contributed by atoms with Crippen molar-refractivity contribution in [1.29, 1.82) is 0 Å². The summed E-state index contributed by atoms with van der Waals surface area (Å²) in [6.45, 7) is 2.75. The lowest BCUT2D eigenvalue weighted by atomic mass is 10.1. The second-order valence-electron chi connectivity index (χ2n) is 5.54. The molecule has 0 heterocycles. The molecule has 0 aliphatic rings. The van der Waals surface area contributed by atoms with Crippen LogP contribution in [-0.4, -0.2) is 18.4 Å². The summed E-state index contributed by atoms with van der Waals surface area (Å²) in [6, 6.07) is 14.0. The van der Waals surface area contributed by atoms with E-state index in [1.54, 1.807) is 36.4 Å². The van der Waals surface area contributed by atoms with Crippen molar-refractivity contribution in [1.82, 2.24) is 5.32 Å². The molecule has 0 bridgehead atoms. The van der Waals surface area contributed by atoms with Crippen LogP contribution < -0.4 is 10.6 Å². The van der Waals surface area contributed by atoms with E-state index in [4.69, 9.17) is 11.6 Å². The third-order valence-electron chi connectivity index (χ3n) is 3.52. The van der Waals surface area contributed by atoms with Gasteiger partial charge in [0, 0.05) is 22.8 Å². The van der Waals surface area contributed by atoms with E-state index in [0.29, 0.717) is 22.8 Å². The van der Waals surface area contributed by atoms with Gasteiger partial charge in [-0.15, -0.1) is 0 Å². The molecule has 0 atom stereocenters. The fraction of sp³-hybridized carbons (Fsp3) is 0.263. The van der Waals surface area contributed by atoms with Crippen LogP contribution in [0, 0.1) is 0 Å². The molecule has 2 rings (SSSR count). The van der Waals surface area contributed by atoms with E-state index in [1.807, 2.05) is 12.1 Å². The highest BCUT2D eigenvalue weighted by atomic mass is 35.5. The van der Waals surface area contributed by atoms with Crippen LogP contribution in [0.4, 0.5) is 5.69 Å². The largest absolute Gasteiger partial charge is 0.352 e. The Balaban J connectivity index is 1.87. The summed E-state index contributed by atoms with van der Waals surface area (Å²) < 4.78 is 0. The molecule has 2 amide bonds. The van der Waals surface area contributed by atoms with Crippen molar-refractivity contribution in [2.45, 2.75) is 26.2 Å². The first kappa shape index (κ1) is 18.0. The summed E-state index contributed by atoms with van der Waals surface area (Å²) in [4.78, 5) is 23.9. The van der Waals surface area contributed by atoms with Gasteiger partial charge in [0.1, 0.15) is 0 Å². The number of carbonyl (C=O) groups is 2. The van der Waals surface area contributed by atoms with Crippen LogP contribution in [0.1, 0.15) is 35.7 Å². The van der Waals surface area contributed by atoms with E-state index < -0.39 is 0 Å². The summed E-state index contributed by atoms with van der Waals surface area (Å²) >= 11 is 5.83. The molecule has 4 nitrogen and oxygen atoms in total. The minimum atomic E-state index is -0.113. The Kier molecular flexibility index (Phi) is 6.82. The lowest BCUT2D eigenvalue weighted by Gasteiger charge is -2.07. The summed E-state index contributed by atoms with van der Waals surface area (Å²) in [5.74, 6) is -0.208. The van der Waals surface area contributed by atoms with Crippen LogP contribution in [0.2, 0.25) is 5.02 Å². The predicted octanol–water partition coefficient (Wildman–Crippen LogP) is 4.05. The molecule has 0 aliphatic heterocycles. The van der Waals surface area contributed by atoms with Crippen LogP contribution >= 0.6 is 11.6 Å². The molecule has 126 valence electrons. The van der Waals surface area contributed by atoms with Gasteiger partial charge < -0.3 is 10.6 Å². The lowest BCUT2D eigenvalue weighted by molar-refractivity contribution is -0.115. The number of amides is 2. The Morgan fingerprint density at radius 2 is 1.67 bits per heavy atom. The summed E-state index contributed by atoms with van der Waals surface area (Å²) in [5, 5.41) is 6.33. The number of benzene rings is 2. The van der Waals surface area contributed by atoms with Gasteiger partial charge in [0.15, 0.2) is 0 Å². The Labute approximate surface area is 147 Å². The Bertz CT molecular complexity index is 682. The number of nitrogens with one attached hydrogen (secondary N) is 2. The molecule has 5 heteroatoms. The van der Waals surface area contributed by atoms with Crippen molar-refractivity contribution in [3.63, 3.8) is 0 Å². The maximum atomic E-state index is 12.0. The van der Waals surface area contributed by atoms with E-state index in [-0.39, 0.29) is 18.2 Å². The zero-order valence-electron chi connectivity index (χ0n) is 13.6. The first-order valence-corrected chi connectivity index (χ1v) is 8.39. The maximum absolute atomic E-state index is 12.0. The quantitative estimate of drug-likeness (QED) is 0.744. The zero-order valence-corrected chi connectivity index (χ0v) is 14.4. The van der Waals surface area contributed by atoms with Crippen LogP contribution in [0.5, 0.6) is 0 Å². The van der Waals surface area contributed by atoms with Gasteiger partial charge in [0.05, 0.1) is 6.42 Å². The molecule has 0 spiro atoms. The van der Waals surface area contributed by atoms with Gasteiger partial charge in [-0.1, -0.05) is 37.1 Å². The summed E-state index contributed by atoms with van der Waals surface area (Å²) in [5.41, 5.74) is 2.14. The van der Waals surface area contributed by atoms with Gasteiger partial charge in [-0.2, -0.15) is 0 Å². The van der Waals surface area contributed by atoms with Crippen LogP contribution in [0.3, 0.4) is 0 Å². The molecule has 0 fully saturated rings. The number of unbranched alkanes of at least 4 members (excludes halogenated alkanes) is 1. The average molecular weight is 345 g/mol. The van der Waals surface area contributed by atoms with E-state index in [0.717, 1.165) is 18.4 Å². The van der Waals surface area contributed by atoms with Gasteiger partial charge in [-0.3, -0.25) is 9.59 Å². The fourth-order valence-electron chi connectivity index (χ4n) is 2.18. The Hall–Kier alpha value is -2.33. The molecule has 2 aromatic carbocycles. The highest BCUT2D eigenvalue weighted by molar-refractivity contribution is 6.30. The summed E-state index contributed by atoms with van der Waals surface area (Å²) in [6.07, 6.45) is 2.28. The molecule has 0 saturated heterocycles. The molecule has 0 aromatic heterocycles. The van der Waals surface area contributed by atoms with Crippen LogP contribution in [0.15, 0.2) is 48.5 Å². The third-order valence-corrected chi connectivity index (χ3v) is 3.78. The Morgan fingerprint density at radius 3 is 2.29 bits per heavy atom. The minimum Gasteiger partial charge on any atom is -0.352 e. The van der Waals surface area contributed by atoms with Crippen LogP contribution in [-0.2, 0) is 11.2 Å². The molecule has 24 heavy (non-hydrogen) atoms. The molecule has 0 saturated carbocycles. The highest BCUT2D eigenvalue weighted by Gasteiger charge is 2.07. The van der Waals surface area contributed by atoms with Gasteiger partial charge >= 0.3 is 0 Å². The van der Waals surface area contributed by atoms with Crippen molar-refractivity contribution in [3.05, 3.63) is 64.7 Å². The second kappa shape index (κ2) is 9.08. The van der Waals surface area contributed by atoms with Gasteiger partial charge in [0.2, 0.25) is 5.91 Å². The first-order chi connectivity index (χ1) is 11.6. The van der Waals surface area contributed by atoms with Crippen molar-refractivity contribution in [2.24, 2.45) is 0 Å². The number of anilines is 1. The van der Waals surface area contributed by atoms with Gasteiger partial charge in [0.25, 0.3) is 5.91 Å². The van der Waals surface area contributed by atoms with Crippen molar-refractivity contribution >= 4 is 29.1 Å². The molecule has 2 aromatic rings. The SMILES string of the molecule is CCCCNC(=O)c1ccc(NC(=O)Cc2ccc(Cl)cc2)cc1. The lowest BCUT2D eigenvalue weighted by Crippen LogP contribution is -2.24. The van der Waals surface area contributed by atoms with Crippen molar-refractivity contribution < 1.29 is 9.59 Å². The second-order valence-corrected chi connectivity index (χ2v) is 5.97. The molecular weight excluding hydrogens is 324 g/mol. The number of carbonyl (C=O) groups excluding carboxylic acids is 2. The fourth-order valence-corrected chi connectivity index (χ4v) is 2.30. The zero-order chi connectivity index (χ0) is 17.4. The predicted molar refractivity (Wildman–Crippen MR) is 97.5 cm³/mol.